The predicted octanol–water partition coefficient (Wildman–Crippen LogP) is 1.45. The minimum absolute atomic E-state index is 1.06. The van der Waals surface area contributed by atoms with Crippen molar-refractivity contribution in [2.75, 3.05) is 0 Å². The van der Waals surface area contributed by atoms with Crippen molar-refractivity contribution in [3.63, 3.8) is 0 Å². The molecule has 0 saturated carbocycles. The Bertz CT molecular complexity index is 369. The Morgan fingerprint density at radius 2 is 2.30 bits per heavy atom. The van der Waals surface area contributed by atoms with Crippen molar-refractivity contribution in [2.45, 2.75) is 0 Å². The van der Waals surface area contributed by atoms with E-state index in [2.05, 4.69) is 25.5 Å². The Balaban J connectivity index is 3.01. The van der Waals surface area contributed by atoms with Gasteiger partial charge in [0.25, 0.3) is 0 Å². The first kappa shape index (κ1) is 6.61. The normalized spacial score (nSPS) is 10.4. The van der Waals surface area contributed by atoms with Crippen LogP contribution in [0.15, 0.2) is 12.5 Å². The van der Waals surface area contributed by atoms with Crippen LogP contribution >= 0.6 is 22.7 Å². The average Bonchev–Trinajstić information content (AvgIpc) is 2.27. The second-order valence-corrected chi connectivity index (χ2v) is 5.98. The second-order valence-electron chi connectivity index (χ2n) is 1.65. The van der Waals surface area contributed by atoms with Gasteiger partial charge in [-0.3, -0.25) is 0 Å². The van der Waals surface area contributed by atoms with E-state index in [0.29, 0.717) is 0 Å². The van der Waals surface area contributed by atoms with Gasteiger partial charge in [0.2, 0.25) is 0 Å². The van der Waals surface area contributed by atoms with Crippen LogP contribution in [0.3, 0.4) is 0 Å². The summed E-state index contributed by atoms with van der Waals surface area (Å²) < 4.78 is 2.36. The monoisotopic (exact) mass is 234 g/mol. The second kappa shape index (κ2) is 2.51. The van der Waals surface area contributed by atoms with E-state index in [4.69, 9.17) is 0 Å². The van der Waals surface area contributed by atoms with E-state index in [1.54, 1.807) is 29.0 Å². The Morgan fingerprint density at radius 1 is 1.40 bits per heavy atom. The van der Waals surface area contributed by atoms with Crippen molar-refractivity contribution < 1.29 is 0 Å². The van der Waals surface area contributed by atoms with Crippen LogP contribution in [0.5, 0.6) is 0 Å². The summed E-state index contributed by atoms with van der Waals surface area (Å²) in [6, 6.07) is 0. The van der Waals surface area contributed by atoms with Gasteiger partial charge in [-0.15, -0.1) is 0 Å². The van der Waals surface area contributed by atoms with Crippen LogP contribution in [-0.4, -0.2) is 25.5 Å². The third-order valence-electron chi connectivity index (χ3n) is 1.02. The molecule has 0 spiro atoms. The molecule has 2 nitrogen and oxygen atoms in total. The fraction of sp³-hybridized carbons (Fsp3) is 0. The van der Waals surface area contributed by atoms with E-state index in [9.17, 15) is 0 Å². The van der Waals surface area contributed by atoms with Crippen molar-refractivity contribution in [2.24, 2.45) is 0 Å². The standard InChI is InChI=1S/C5H2N2S2Se/c10-5-8-3-1-6-2-7-4(3)9-5/h1-2H. The van der Waals surface area contributed by atoms with E-state index in [1.165, 1.54) is 2.69 Å². The maximum atomic E-state index is 4.10. The first-order valence-corrected chi connectivity index (χ1v) is 5.05. The Kier molecular flexibility index (Phi) is 1.66. The van der Waals surface area contributed by atoms with Crippen molar-refractivity contribution in [3.8, 4) is 0 Å². The molecule has 0 N–H and O–H groups in total. The van der Waals surface area contributed by atoms with E-state index in [-0.39, 0.29) is 0 Å². The molecule has 0 radical (unpaired) electrons. The van der Waals surface area contributed by atoms with Crippen molar-refractivity contribution in [1.29, 1.82) is 0 Å². The Hall–Kier alpha value is -0.0905. The average molecular weight is 233 g/mol. The fourth-order valence-electron chi connectivity index (χ4n) is 0.642. The zero-order valence-corrected chi connectivity index (χ0v) is 8.12. The first-order valence-electron chi connectivity index (χ1n) is 2.56. The van der Waals surface area contributed by atoms with Crippen LogP contribution < -0.4 is 0 Å². The van der Waals surface area contributed by atoms with Crippen LogP contribution in [0.25, 0.3) is 9.53 Å². The molecule has 0 bridgehead atoms. The molecule has 2 aromatic rings. The third-order valence-corrected chi connectivity index (χ3v) is 4.07. The zero-order valence-electron chi connectivity index (χ0n) is 4.77. The fourth-order valence-corrected chi connectivity index (χ4v) is 3.47. The van der Waals surface area contributed by atoms with Crippen molar-refractivity contribution in [3.05, 3.63) is 15.2 Å². The van der Waals surface area contributed by atoms with Gasteiger partial charge in [0.1, 0.15) is 0 Å². The number of aromatic nitrogens is 2. The van der Waals surface area contributed by atoms with Crippen LogP contribution in [0, 0.1) is 2.69 Å². The molecule has 0 saturated heterocycles. The topological polar surface area (TPSA) is 25.8 Å². The quantitative estimate of drug-likeness (QED) is 0.644. The van der Waals surface area contributed by atoms with Crippen LogP contribution in [0.1, 0.15) is 0 Å². The van der Waals surface area contributed by atoms with Gasteiger partial charge < -0.3 is 0 Å². The molecule has 2 rings (SSSR count). The SMILES string of the molecule is [Se]=c1sc2cncnc2s1. The number of rotatable bonds is 0. The van der Waals surface area contributed by atoms with E-state index >= 15 is 0 Å². The molecule has 0 aliphatic carbocycles. The molecule has 0 aliphatic rings. The van der Waals surface area contributed by atoms with Gasteiger partial charge in [0, 0.05) is 0 Å². The van der Waals surface area contributed by atoms with Gasteiger partial charge in [-0.2, -0.15) is 0 Å². The van der Waals surface area contributed by atoms with Crippen LogP contribution in [-0.2, 0) is 0 Å². The van der Waals surface area contributed by atoms with E-state index < -0.39 is 0 Å². The van der Waals surface area contributed by atoms with Crippen molar-refractivity contribution in [1.82, 2.24) is 9.97 Å². The zero-order chi connectivity index (χ0) is 6.97. The molecule has 0 aromatic carbocycles. The summed E-state index contributed by atoms with van der Waals surface area (Å²) in [5.41, 5.74) is 0. The summed E-state index contributed by atoms with van der Waals surface area (Å²) in [6.07, 6.45) is 3.41. The van der Waals surface area contributed by atoms with E-state index in [0.717, 1.165) is 9.53 Å². The molecular weight excluding hydrogens is 231 g/mol. The summed E-state index contributed by atoms with van der Waals surface area (Å²) >= 11 is 6.31. The molecule has 2 aromatic heterocycles. The third kappa shape index (κ3) is 1.06. The number of nitrogens with zero attached hydrogens (tertiary/aromatic N) is 2. The Labute approximate surface area is 72.9 Å². The molecule has 0 unspecified atom stereocenters. The molecule has 2 heterocycles. The molecule has 0 fully saturated rings. The van der Waals surface area contributed by atoms with Gasteiger partial charge in [0.05, 0.1) is 0 Å². The maximum absolute atomic E-state index is 4.10. The first-order chi connectivity index (χ1) is 4.86. The molecular formula is C5H2N2S2Se. The van der Waals surface area contributed by atoms with Gasteiger partial charge in [-0.1, -0.05) is 0 Å². The van der Waals surface area contributed by atoms with E-state index in [1.807, 2.05) is 6.20 Å². The van der Waals surface area contributed by atoms with Crippen LogP contribution in [0.2, 0.25) is 0 Å². The number of hydrogen-bond acceptors (Lipinski definition) is 4. The molecule has 0 aliphatic heterocycles. The summed E-state index contributed by atoms with van der Waals surface area (Å²) in [5.74, 6) is 0. The Morgan fingerprint density at radius 3 is 3.10 bits per heavy atom. The molecule has 0 amide bonds. The molecule has 0 atom stereocenters. The summed E-state index contributed by atoms with van der Waals surface area (Å²) in [6.45, 7) is 0. The van der Waals surface area contributed by atoms with Gasteiger partial charge in [-0.05, 0) is 0 Å². The van der Waals surface area contributed by atoms with Crippen LogP contribution in [0.4, 0.5) is 0 Å². The summed E-state index contributed by atoms with van der Waals surface area (Å²) in [4.78, 5) is 9.08. The molecule has 5 heteroatoms. The number of hydrogen-bond donors (Lipinski definition) is 0. The van der Waals surface area contributed by atoms with Gasteiger partial charge >= 0.3 is 73.0 Å². The number of fused-ring (bicyclic) bond motifs is 1. The summed E-state index contributed by atoms with van der Waals surface area (Å²) in [5, 5.41) is 0. The predicted molar refractivity (Wildman–Crippen MR) is 44.3 cm³/mol. The van der Waals surface area contributed by atoms with Gasteiger partial charge in [0.15, 0.2) is 0 Å². The molecule has 50 valence electrons. The minimum atomic E-state index is 1.06. The van der Waals surface area contributed by atoms with Crippen molar-refractivity contribution >= 4 is 47.8 Å². The summed E-state index contributed by atoms with van der Waals surface area (Å²) in [7, 11) is 0. The van der Waals surface area contributed by atoms with Gasteiger partial charge in [-0.25, -0.2) is 0 Å². The molecule has 10 heavy (non-hydrogen) atoms.